The predicted octanol–water partition coefficient (Wildman–Crippen LogP) is 1.55. The predicted molar refractivity (Wildman–Crippen MR) is 107 cm³/mol. The minimum Gasteiger partial charge on any atom is -0.368 e. The van der Waals surface area contributed by atoms with Crippen LogP contribution in [0.15, 0.2) is 30.3 Å². The first-order valence-corrected chi connectivity index (χ1v) is 9.96. The lowest BCUT2D eigenvalue weighted by Crippen LogP contribution is -2.52. The molecule has 0 unspecified atom stereocenters. The summed E-state index contributed by atoms with van der Waals surface area (Å²) in [4.78, 5) is 21.5. The first kappa shape index (κ1) is 19.0. The van der Waals surface area contributed by atoms with Crippen LogP contribution in [0.25, 0.3) is 0 Å². The number of hydrogen-bond donors (Lipinski definition) is 1. The molecule has 1 N–H and O–H groups in total. The summed E-state index contributed by atoms with van der Waals surface area (Å²) in [5.41, 5.74) is 1.25. The number of likely N-dealkylation sites (N-methyl/N-ethyl adjacent to an activating group) is 1. The third-order valence-electron chi connectivity index (χ3n) is 5.46. The van der Waals surface area contributed by atoms with Gasteiger partial charge in [-0.2, -0.15) is 0 Å². The van der Waals surface area contributed by atoms with E-state index in [1.165, 1.54) is 31.9 Å². The number of benzene rings is 1. The summed E-state index contributed by atoms with van der Waals surface area (Å²) in [5.74, 6) is 0. The molecule has 2 aliphatic rings. The zero-order chi connectivity index (χ0) is 18.2. The quantitative estimate of drug-likeness (QED) is 0.783. The number of anilines is 1. The third kappa shape index (κ3) is 5.61. The minimum atomic E-state index is 0.0947. The molecule has 2 heterocycles. The molecule has 6 nitrogen and oxygen atoms in total. The maximum atomic E-state index is 12.3. The van der Waals surface area contributed by atoms with E-state index >= 15 is 0 Å². The second-order valence-corrected chi connectivity index (χ2v) is 7.39. The number of unbranched alkanes of at least 4 members (excludes halogenated alkanes) is 1. The molecule has 2 amide bonds. The van der Waals surface area contributed by atoms with Crippen LogP contribution < -0.4 is 10.2 Å². The molecule has 0 atom stereocenters. The summed E-state index contributed by atoms with van der Waals surface area (Å²) in [6, 6.07) is 10.5. The van der Waals surface area contributed by atoms with Gasteiger partial charge < -0.3 is 24.9 Å². The van der Waals surface area contributed by atoms with E-state index in [2.05, 4.69) is 51.3 Å². The minimum absolute atomic E-state index is 0.0947. The molecule has 0 aliphatic carbocycles. The maximum Gasteiger partial charge on any atom is 0.317 e. The number of amides is 2. The summed E-state index contributed by atoms with van der Waals surface area (Å²) in [6.45, 7) is 10.0. The van der Waals surface area contributed by atoms with Gasteiger partial charge >= 0.3 is 6.03 Å². The molecule has 26 heavy (non-hydrogen) atoms. The average molecular weight is 360 g/mol. The Kier molecular flexibility index (Phi) is 7.14. The Hall–Kier alpha value is -1.79. The van der Waals surface area contributed by atoms with Crippen LogP contribution in [-0.4, -0.2) is 93.2 Å². The number of para-hydroxylation sites is 1. The molecular formula is C20H33N5O. The number of carbonyl (C=O) groups is 1. The number of rotatable bonds is 6. The van der Waals surface area contributed by atoms with Gasteiger partial charge in [0.2, 0.25) is 0 Å². The van der Waals surface area contributed by atoms with Gasteiger partial charge in [0.15, 0.2) is 0 Å². The van der Waals surface area contributed by atoms with Gasteiger partial charge in [0, 0.05) is 64.6 Å². The molecule has 2 aliphatic heterocycles. The smallest absolute Gasteiger partial charge is 0.317 e. The number of hydrogen-bond acceptors (Lipinski definition) is 4. The van der Waals surface area contributed by atoms with Gasteiger partial charge in [-0.3, -0.25) is 0 Å². The molecule has 6 heteroatoms. The van der Waals surface area contributed by atoms with Crippen molar-refractivity contribution in [3.63, 3.8) is 0 Å². The Morgan fingerprint density at radius 2 is 1.62 bits per heavy atom. The van der Waals surface area contributed by atoms with Crippen LogP contribution in [0.2, 0.25) is 0 Å². The molecule has 0 aromatic heterocycles. The lowest BCUT2D eigenvalue weighted by Gasteiger charge is -2.36. The van der Waals surface area contributed by atoms with Gasteiger partial charge in [0.05, 0.1) is 0 Å². The average Bonchev–Trinajstić information content (AvgIpc) is 2.70. The van der Waals surface area contributed by atoms with Crippen LogP contribution in [-0.2, 0) is 0 Å². The molecule has 0 saturated carbocycles. The topological polar surface area (TPSA) is 42.1 Å². The maximum absolute atomic E-state index is 12.3. The second-order valence-electron chi connectivity index (χ2n) is 7.39. The molecule has 3 rings (SSSR count). The first-order chi connectivity index (χ1) is 12.7. The van der Waals surface area contributed by atoms with Crippen molar-refractivity contribution in [1.29, 1.82) is 0 Å². The van der Waals surface area contributed by atoms with Crippen LogP contribution in [0.4, 0.5) is 10.5 Å². The SMILES string of the molecule is CN1CCN(CCCCNC(=O)N2CCN(c3ccccc3)CC2)CC1. The van der Waals surface area contributed by atoms with E-state index in [1.54, 1.807) is 0 Å². The van der Waals surface area contributed by atoms with E-state index in [4.69, 9.17) is 0 Å². The zero-order valence-electron chi connectivity index (χ0n) is 16.1. The number of nitrogens with one attached hydrogen (secondary N) is 1. The normalized spacial score (nSPS) is 19.6. The van der Waals surface area contributed by atoms with Crippen molar-refractivity contribution < 1.29 is 4.79 Å². The highest BCUT2D eigenvalue weighted by Gasteiger charge is 2.20. The van der Waals surface area contributed by atoms with E-state index in [-0.39, 0.29) is 6.03 Å². The van der Waals surface area contributed by atoms with Gasteiger partial charge in [-0.25, -0.2) is 4.79 Å². The van der Waals surface area contributed by atoms with E-state index in [0.717, 1.165) is 52.1 Å². The summed E-state index contributed by atoms with van der Waals surface area (Å²) in [5, 5.41) is 3.09. The number of urea groups is 1. The van der Waals surface area contributed by atoms with Crippen molar-refractivity contribution in [3.8, 4) is 0 Å². The molecular weight excluding hydrogens is 326 g/mol. The standard InChI is InChI=1S/C20H33N5O/c1-22-11-13-23(14-12-22)10-6-5-9-21-20(26)25-17-15-24(16-18-25)19-7-3-2-4-8-19/h2-4,7-8H,5-6,9-18H2,1H3,(H,21,26). The summed E-state index contributed by atoms with van der Waals surface area (Å²) in [6.07, 6.45) is 2.22. The Morgan fingerprint density at radius 1 is 0.923 bits per heavy atom. The summed E-state index contributed by atoms with van der Waals surface area (Å²) >= 11 is 0. The van der Waals surface area contributed by atoms with Gasteiger partial charge in [0.25, 0.3) is 0 Å². The molecule has 0 spiro atoms. The molecule has 0 bridgehead atoms. The Balaban J connectivity index is 1.26. The van der Waals surface area contributed by atoms with Crippen molar-refractivity contribution >= 4 is 11.7 Å². The van der Waals surface area contributed by atoms with Gasteiger partial charge in [0.1, 0.15) is 0 Å². The fourth-order valence-electron chi connectivity index (χ4n) is 3.65. The second kappa shape index (κ2) is 9.78. The van der Waals surface area contributed by atoms with Crippen molar-refractivity contribution in [2.75, 3.05) is 77.4 Å². The fourth-order valence-corrected chi connectivity index (χ4v) is 3.65. The fraction of sp³-hybridized carbons (Fsp3) is 0.650. The highest BCUT2D eigenvalue weighted by molar-refractivity contribution is 5.74. The summed E-state index contributed by atoms with van der Waals surface area (Å²) < 4.78 is 0. The lowest BCUT2D eigenvalue weighted by molar-refractivity contribution is 0.152. The van der Waals surface area contributed by atoms with Crippen molar-refractivity contribution in [2.45, 2.75) is 12.8 Å². The third-order valence-corrected chi connectivity index (χ3v) is 5.46. The van der Waals surface area contributed by atoms with Crippen molar-refractivity contribution in [2.24, 2.45) is 0 Å². The van der Waals surface area contributed by atoms with E-state index < -0.39 is 0 Å². The Labute approximate surface area is 157 Å². The molecule has 144 valence electrons. The molecule has 2 fully saturated rings. The van der Waals surface area contributed by atoms with E-state index in [9.17, 15) is 4.79 Å². The Morgan fingerprint density at radius 3 is 2.31 bits per heavy atom. The monoisotopic (exact) mass is 359 g/mol. The van der Waals surface area contributed by atoms with Gasteiger partial charge in [-0.05, 0) is 38.6 Å². The molecule has 1 aromatic carbocycles. The van der Waals surface area contributed by atoms with Crippen LogP contribution in [0, 0.1) is 0 Å². The van der Waals surface area contributed by atoms with Crippen LogP contribution >= 0.6 is 0 Å². The first-order valence-electron chi connectivity index (χ1n) is 9.96. The number of piperazine rings is 2. The number of carbonyl (C=O) groups excluding carboxylic acids is 1. The van der Waals surface area contributed by atoms with Crippen LogP contribution in [0.3, 0.4) is 0 Å². The van der Waals surface area contributed by atoms with Crippen molar-refractivity contribution in [1.82, 2.24) is 20.0 Å². The zero-order valence-corrected chi connectivity index (χ0v) is 16.1. The molecule has 2 saturated heterocycles. The molecule has 0 radical (unpaired) electrons. The summed E-state index contributed by atoms with van der Waals surface area (Å²) in [7, 11) is 2.19. The van der Waals surface area contributed by atoms with E-state index in [1.807, 2.05) is 11.0 Å². The highest BCUT2D eigenvalue weighted by Crippen LogP contribution is 2.15. The van der Waals surface area contributed by atoms with Gasteiger partial charge in [-0.15, -0.1) is 0 Å². The van der Waals surface area contributed by atoms with Gasteiger partial charge in [-0.1, -0.05) is 18.2 Å². The largest absolute Gasteiger partial charge is 0.368 e. The highest BCUT2D eigenvalue weighted by atomic mass is 16.2. The van der Waals surface area contributed by atoms with E-state index in [0.29, 0.717) is 0 Å². The molecule has 1 aromatic rings. The van der Waals surface area contributed by atoms with Crippen LogP contribution in [0.5, 0.6) is 0 Å². The van der Waals surface area contributed by atoms with Crippen LogP contribution in [0.1, 0.15) is 12.8 Å². The number of nitrogens with zero attached hydrogens (tertiary/aromatic N) is 4. The lowest BCUT2D eigenvalue weighted by atomic mass is 10.2. The van der Waals surface area contributed by atoms with Crippen molar-refractivity contribution in [3.05, 3.63) is 30.3 Å². The Bertz CT molecular complexity index is 536.